The Labute approximate surface area is 85.7 Å². The zero-order valence-corrected chi connectivity index (χ0v) is 9.03. The molecule has 0 saturated carbocycles. The highest BCUT2D eigenvalue weighted by Crippen LogP contribution is 2.17. The summed E-state index contributed by atoms with van der Waals surface area (Å²) in [6.45, 7) is 3.07. The third kappa shape index (κ3) is 2.86. The number of aromatic nitrogens is 1. The normalized spacial score (nSPS) is 13.1. The Hall–Kier alpha value is -0.800. The van der Waals surface area contributed by atoms with E-state index in [1.165, 1.54) is 12.0 Å². The predicted molar refractivity (Wildman–Crippen MR) is 58.2 cm³/mol. The van der Waals surface area contributed by atoms with E-state index in [2.05, 4.69) is 24.5 Å². The van der Waals surface area contributed by atoms with Gasteiger partial charge in [0.05, 0.1) is 6.61 Å². The lowest BCUT2D eigenvalue weighted by atomic mass is 10.1. The minimum atomic E-state index is 0.201. The second-order valence-corrected chi connectivity index (χ2v) is 3.54. The molecule has 2 N–H and O–H groups in total. The third-order valence-electron chi connectivity index (χ3n) is 2.46. The lowest BCUT2D eigenvalue weighted by molar-refractivity contribution is 0.276. The van der Waals surface area contributed by atoms with Crippen LogP contribution in [0.25, 0.3) is 0 Å². The van der Waals surface area contributed by atoms with Crippen LogP contribution in [0.1, 0.15) is 31.4 Å². The molecule has 1 rings (SSSR count). The molecule has 3 nitrogen and oxygen atoms in total. The molecular formula is C11H20N2O. The maximum atomic E-state index is 8.79. The molecule has 0 fully saturated rings. The summed E-state index contributed by atoms with van der Waals surface area (Å²) in [4.78, 5) is 0. The topological polar surface area (TPSA) is 37.2 Å². The molecule has 0 radical (unpaired) electrons. The van der Waals surface area contributed by atoms with E-state index in [1.807, 2.05) is 17.8 Å². The van der Waals surface area contributed by atoms with Crippen LogP contribution in [0.5, 0.6) is 0 Å². The Morgan fingerprint density at radius 1 is 1.57 bits per heavy atom. The summed E-state index contributed by atoms with van der Waals surface area (Å²) in [6.07, 6.45) is 6.45. The van der Waals surface area contributed by atoms with E-state index in [-0.39, 0.29) is 6.61 Å². The van der Waals surface area contributed by atoms with Crippen molar-refractivity contribution in [2.75, 3.05) is 13.7 Å². The van der Waals surface area contributed by atoms with Crippen molar-refractivity contribution in [1.29, 1.82) is 0 Å². The van der Waals surface area contributed by atoms with Gasteiger partial charge in [-0.05, 0) is 25.1 Å². The van der Waals surface area contributed by atoms with Crippen molar-refractivity contribution in [3.8, 4) is 0 Å². The van der Waals surface area contributed by atoms with E-state index < -0.39 is 0 Å². The van der Waals surface area contributed by atoms with E-state index in [1.54, 1.807) is 0 Å². The Morgan fingerprint density at radius 3 is 2.93 bits per heavy atom. The van der Waals surface area contributed by atoms with Crippen LogP contribution in [-0.2, 0) is 6.54 Å². The zero-order valence-electron chi connectivity index (χ0n) is 9.03. The van der Waals surface area contributed by atoms with Gasteiger partial charge in [-0.25, -0.2) is 0 Å². The summed E-state index contributed by atoms with van der Waals surface area (Å²) < 4.78 is 2.02. The first-order valence-electron chi connectivity index (χ1n) is 5.25. The van der Waals surface area contributed by atoms with Crippen LogP contribution in [0, 0.1) is 0 Å². The van der Waals surface area contributed by atoms with Crippen molar-refractivity contribution in [2.45, 2.75) is 32.4 Å². The third-order valence-corrected chi connectivity index (χ3v) is 2.46. The van der Waals surface area contributed by atoms with Gasteiger partial charge in [-0.1, -0.05) is 13.3 Å². The summed E-state index contributed by atoms with van der Waals surface area (Å²) in [5.74, 6) is 0. The van der Waals surface area contributed by atoms with E-state index in [9.17, 15) is 0 Å². The number of hydrogen-bond donors (Lipinski definition) is 2. The minimum Gasteiger partial charge on any atom is -0.395 e. The average molecular weight is 196 g/mol. The van der Waals surface area contributed by atoms with Gasteiger partial charge in [-0.15, -0.1) is 0 Å². The molecule has 0 bridgehead atoms. The molecule has 14 heavy (non-hydrogen) atoms. The first kappa shape index (κ1) is 11.3. The second kappa shape index (κ2) is 5.83. The number of nitrogens with zero attached hydrogens (tertiary/aromatic N) is 1. The van der Waals surface area contributed by atoms with Crippen molar-refractivity contribution in [3.05, 3.63) is 24.0 Å². The van der Waals surface area contributed by atoms with Gasteiger partial charge in [0.15, 0.2) is 0 Å². The smallest absolute Gasteiger partial charge is 0.0610 e. The van der Waals surface area contributed by atoms with E-state index >= 15 is 0 Å². The molecule has 0 aliphatic rings. The second-order valence-electron chi connectivity index (χ2n) is 3.54. The number of rotatable bonds is 6. The van der Waals surface area contributed by atoms with Gasteiger partial charge in [-0.3, -0.25) is 0 Å². The Morgan fingerprint density at radius 2 is 2.36 bits per heavy atom. The molecule has 0 aliphatic carbocycles. The SMILES string of the molecule is CCCC(NC)c1ccn(CCO)c1. The molecule has 1 aromatic rings. The van der Waals surface area contributed by atoms with Gasteiger partial charge in [-0.2, -0.15) is 0 Å². The first-order valence-corrected chi connectivity index (χ1v) is 5.25. The largest absolute Gasteiger partial charge is 0.395 e. The summed E-state index contributed by atoms with van der Waals surface area (Å²) in [5, 5.41) is 12.1. The van der Waals surface area contributed by atoms with Crippen LogP contribution < -0.4 is 5.32 Å². The summed E-state index contributed by atoms with van der Waals surface area (Å²) in [7, 11) is 1.99. The molecule has 1 atom stereocenters. The Kier molecular flexibility index (Phi) is 4.70. The highest BCUT2D eigenvalue weighted by atomic mass is 16.3. The van der Waals surface area contributed by atoms with Gasteiger partial charge >= 0.3 is 0 Å². The average Bonchev–Trinajstić information content (AvgIpc) is 2.63. The van der Waals surface area contributed by atoms with E-state index in [0.29, 0.717) is 12.6 Å². The van der Waals surface area contributed by atoms with Gasteiger partial charge < -0.3 is 15.0 Å². The van der Waals surface area contributed by atoms with Crippen LogP contribution in [0.15, 0.2) is 18.5 Å². The summed E-state index contributed by atoms with van der Waals surface area (Å²) in [6, 6.07) is 2.56. The van der Waals surface area contributed by atoms with Crippen molar-refractivity contribution in [3.63, 3.8) is 0 Å². The first-order chi connectivity index (χ1) is 6.81. The summed E-state index contributed by atoms with van der Waals surface area (Å²) in [5.41, 5.74) is 1.31. The molecule has 0 amide bonds. The fourth-order valence-electron chi connectivity index (χ4n) is 1.69. The van der Waals surface area contributed by atoms with Crippen LogP contribution >= 0.6 is 0 Å². The molecule has 0 saturated heterocycles. The van der Waals surface area contributed by atoms with E-state index in [4.69, 9.17) is 5.11 Å². The lowest BCUT2D eigenvalue weighted by Gasteiger charge is -2.13. The molecule has 0 aromatic carbocycles. The molecule has 80 valence electrons. The maximum absolute atomic E-state index is 8.79. The molecule has 0 aliphatic heterocycles. The van der Waals surface area contributed by atoms with Crippen LogP contribution in [-0.4, -0.2) is 23.3 Å². The fraction of sp³-hybridized carbons (Fsp3) is 0.636. The van der Waals surface area contributed by atoms with Gasteiger partial charge in [0, 0.05) is 25.0 Å². The number of aliphatic hydroxyl groups is 1. The number of nitrogens with one attached hydrogen (secondary N) is 1. The number of hydrogen-bond acceptors (Lipinski definition) is 2. The standard InChI is InChI=1S/C11H20N2O/c1-3-4-11(12-2)10-5-6-13(9-10)7-8-14/h5-6,9,11-12,14H,3-4,7-8H2,1-2H3. The van der Waals surface area contributed by atoms with Crippen molar-refractivity contribution in [2.24, 2.45) is 0 Å². The quantitative estimate of drug-likeness (QED) is 0.724. The monoisotopic (exact) mass is 196 g/mol. The van der Waals surface area contributed by atoms with Gasteiger partial charge in [0.2, 0.25) is 0 Å². The zero-order chi connectivity index (χ0) is 10.4. The van der Waals surface area contributed by atoms with Gasteiger partial charge in [0.1, 0.15) is 0 Å². The van der Waals surface area contributed by atoms with Crippen LogP contribution in [0.2, 0.25) is 0 Å². The minimum absolute atomic E-state index is 0.201. The van der Waals surface area contributed by atoms with Gasteiger partial charge in [0.25, 0.3) is 0 Å². The molecule has 1 aromatic heterocycles. The maximum Gasteiger partial charge on any atom is 0.0610 e. The molecule has 0 spiro atoms. The molecular weight excluding hydrogens is 176 g/mol. The Balaban J connectivity index is 2.63. The number of aliphatic hydroxyl groups excluding tert-OH is 1. The highest BCUT2D eigenvalue weighted by Gasteiger charge is 2.08. The lowest BCUT2D eigenvalue weighted by Crippen LogP contribution is -2.15. The van der Waals surface area contributed by atoms with Crippen molar-refractivity contribution in [1.82, 2.24) is 9.88 Å². The summed E-state index contributed by atoms with van der Waals surface area (Å²) >= 11 is 0. The Bertz CT molecular complexity index is 258. The fourth-order valence-corrected chi connectivity index (χ4v) is 1.69. The van der Waals surface area contributed by atoms with Crippen LogP contribution in [0.4, 0.5) is 0 Å². The van der Waals surface area contributed by atoms with E-state index in [0.717, 1.165) is 6.42 Å². The molecule has 1 heterocycles. The van der Waals surface area contributed by atoms with Crippen molar-refractivity contribution < 1.29 is 5.11 Å². The molecule has 3 heteroatoms. The highest BCUT2D eigenvalue weighted by molar-refractivity contribution is 5.15. The van der Waals surface area contributed by atoms with Crippen molar-refractivity contribution >= 4 is 0 Å². The molecule has 1 unspecified atom stereocenters. The predicted octanol–water partition coefficient (Wildman–Crippen LogP) is 1.54. The van der Waals surface area contributed by atoms with Crippen LogP contribution in [0.3, 0.4) is 0 Å².